The molecule has 1 aliphatic heterocycles. The lowest BCUT2D eigenvalue weighted by Gasteiger charge is -2.29. The van der Waals surface area contributed by atoms with E-state index in [1.54, 1.807) is 18.2 Å². The fraction of sp³-hybridized carbons (Fsp3) is 0.522. The van der Waals surface area contributed by atoms with Crippen molar-refractivity contribution in [3.05, 3.63) is 30.2 Å². The van der Waals surface area contributed by atoms with Crippen LogP contribution in [0.25, 0.3) is 22.9 Å². The van der Waals surface area contributed by atoms with Crippen LogP contribution in [0.4, 0.5) is 0 Å². The Labute approximate surface area is 222 Å². The molecule has 0 fully saturated rings. The van der Waals surface area contributed by atoms with Crippen molar-refractivity contribution in [2.45, 2.75) is 45.9 Å². The monoisotopic (exact) mass is 569 g/mol. The van der Waals surface area contributed by atoms with Crippen molar-refractivity contribution in [3.8, 4) is 34.4 Å². The summed E-state index contributed by atoms with van der Waals surface area (Å²) in [6.07, 6.45) is 3.70. The second kappa shape index (κ2) is 10.3. The van der Waals surface area contributed by atoms with E-state index in [0.717, 1.165) is 18.1 Å². The van der Waals surface area contributed by atoms with Gasteiger partial charge in [0.15, 0.2) is 11.4 Å². The van der Waals surface area contributed by atoms with Gasteiger partial charge in [0, 0.05) is 18.3 Å². The highest BCUT2D eigenvalue weighted by molar-refractivity contribution is 7.86. The van der Waals surface area contributed by atoms with E-state index in [1.807, 2.05) is 36.2 Å². The first kappa shape index (κ1) is 28.0. The van der Waals surface area contributed by atoms with Crippen LogP contribution in [0, 0.1) is 6.92 Å². The predicted molar refractivity (Wildman–Crippen MR) is 138 cm³/mol. The minimum absolute atomic E-state index is 0.107. The molecule has 1 aliphatic rings. The molecule has 208 valence electrons. The third kappa shape index (κ3) is 6.70. The molecule has 0 aliphatic carbocycles. The molecule has 15 heteroatoms. The number of imidazole rings is 1. The number of aromatic nitrogens is 5. The number of aryl methyl sites for hydroxylation is 1. The molecule has 0 unspecified atom stereocenters. The van der Waals surface area contributed by atoms with Gasteiger partial charge in [-0.15, -0.1) is 0 Å². The van der Waals surface area contributed by atoms with Crippen LogP contribution in [0.2, 0.25) is 0 Å². The van der Waals surface area contributed by atoms with Gasteiger partial charge in [0.25, 0.3) is 20.2 Å². The highest BCUT2D eigenvalue weighted by Gasteiger charge is 2.32. The molecule has 0 atom stereocenters. The number of ether oxygens (including phenoxy) is 2. The lowest BCUT2D eigenvalue weighted by atomic mass is 10.1. The van der Waals surface area contributed by atoms with Gasteiger partial charge in [0.1, 0.15) is 48.7 Å². The van der Waals surface area contributed by atoms with Crippen molar-refractivity contribution < 1.29 is 34.7 Å². The molecule has 38 heavy (non-hydrogen) atoms. The molecule has 0 radical (unpaired) electrons. The molecular weight excluding hydrogens is 538 g/mol. The third-order valence-corrected chi connectivity index (χ3v) is 6.63. The van der Waals surface area contributed by atoms with Gasteiger partial charge < -0.3 is 14.0 Å². The fourth-order valence-corrected chi connectivity index (χ4v) is 4.77. The summed E-state index contributed by atoms with van der Waals surface area (Å²) in [6, 6.07) is 5.17. The van der Waals surface area contributed by atoms with E-state index in [4.69, 9.17) is 22.8 Å². The molecule has 3 heterocycles. The highest BCUT2D eigenvalue weighted by atomic mass is 32.2. The maximum atomic E-state index is 11.6. The first-order chi connectivity index (χ1) is 17.6. The number of hydrogen-bond donors (Lipinski definition) is 0. The molecule has 1 aromatic carbocycles. The van der Waals surface area contributed by atoms with E-state index in [1.165, 1.54) is 6.92 Å². The Bertz CT molecular complexity index is 1510. The van der Waals surface area contributed by atoms with Gasteiger partial charge >= 0.3 is 0 Å². The molecule has 4 rings (SSSR count). The van der Waals surface area contributed by atoms with Crippen LogP contribution in [0.5, 0.6) is 11.5 Å². The largest absolute Gasteiger partial charge is 0.491 e. The second-order valence-electron chi connectivity index (χ2n) is 9.66. The van der Waals surface area contributed by atoms with E-state index in [0.29, 0.717) is 47.8 Å². The Hall–Kier alpha value is -3.01. The van der Waals surface area contributed by atoms with E-state index < -0.39 is 39.1 Å². The van der Waals surface area contributed by atoms with E-state index in [9.17, 15) is 16.8 Å². The SMILES string of the molecule is Cc1nc(-c2cn3c(n2)-c2ccc(OC(C)(COS(C)(=O)=O)COS(C)(=O)=O)cc2OCC3)n(C(C)C)n1. The average Bonchev–Trinajstić information content (AvgIpc) is 3.35. The third-order valence-electron chi connectivity index (χ3n) is 5.54. The fourth-order valence-electron chi connectivity index (χ4n) is 3.85. The Morgan fingerprint density at radius 1 is 1.05 bits per heavy atom. The van der Waals surface area contributed by atoms with Crippen molar-refractivity contribution in [2.75, 3.05) is 32.3 Å². The zero-order valence-corrected chi connectivity index (χ0v) is 23.7. The summed E-state index contributed by atoms with van der Waals surface area (Å²) in [5.41, 5.74) is -0.0453. The molecule has 3 aromatic rings. The van der Waals surface area contributed by atoms with Gasteiger partial charge in [-0.05, 0) is 39.8 Å². The van der Waals surface area contributed by atoms with E-state index >= 15 is 0 Å². The Balaban J connectivity index is 1.66. The zero-order valence-electron chi connectivity index (χ0n) is 22.0. The number of fused-ring (bicyclic) bond motifs is 3. The smallest absolute Gasteiger partial charge is 0.264 e. The number of rotatable bonds is 10. The number of nitrogens with zero attached hydrogens (tertiary/aromatic N) is 5. The summed E-state index contributed by atoms with van der Waals surface area (Å²) in [5, 5.41) is 4.48. The lowest BCUT2D eigenvalue weighted by Crippen LogP contribution is -2.43. The minimum atomic E-state index is -3.82. The molecule has 2 aromatic heterocycles. The number of hydrogen-bond acceptors (Lipinski definition) is 11. The van der Waals surface area contributed by atoms with Crippen LogP contribution in [0.3, 0.4) is 0 Å². The highest BCUT2D eigenvalue weighted by Crippen LogP contribution is 2.37. The van der Waals surface area contributed by atoms with Gasteiger partial charge in [-0.1, -0.05) is 0 Å². The van der Waals surface area contributed by atoms with Gasteiger partial charge in [-0.25, -0.2) is 14.6 Å². The van der Waals surface area contributed by atoms with Gasteiger partial charge in [-0.3, -0.25) is 8.37 Å². The maximum absolute atomic E-state index is 11.6. The van der Waals surface area contributed by atoms with Gasteiger partial charge in [-0.2, -0.15) is 21.9 Å². The van der Waals surface area contributed by atoms with Crippen LogP contribution in [0.15, 0.2) is 24.4 Å². The van der Waals surface area contributed by atoms with E-state index in [2.05, 4.69) is 10.1 Å². The molecule has 0 amide bonds. The normalized spacial score (nSPS) is 14.1. The van der Waals surface area contributed by atoms with Gasteiger partial charge in [0.2, 0.25) is 0 Å². The molecule has 0 saturated carbocycles. The summed E-state index contributed by atoms with van der Waals surface area (Å²) in [5.74, 6) is 2.81. The topological polar surface area (TPSA) is 154 Å². The summed E-state index contributed by atoms with van der Waals surface area (Å²) in [7, 11) is -7.63. The quantitative estimate of drug-likeness (QED) is 0.330. The second-order valence-corrected chi connectivity index (χ2v) is 12.9. The zero-order chi connectivity index (χ0) is 27.9. The van der Waals surface area contributed by atoms with Crippen LogP contribution in [-0.4, -0.2) is 79.1 Å². The van der Waals surface area contributed by atoms with Crippen molar-refractivity contribution in [1.82, 2.24) is 24.3 Å². The average molecular weight is 570 g/mol. The molecule has 0 bridgehead atoms. The Morgan fingerprint density at radius 2 is 1.71 bits per heavy atom. The van der Waals surface area contributed by atoms with Crippen LogP contribution >= 0.6 is 0 Å². The summed E-state index contributed by atoms with van der Waals surface area (Å²) >= 11 is 0. The molecule has 0 spiro atoms. The van der Waals surface area contributed by atoms with Crippen molar-refractivity contribution in [3.63, 3.8) is 0 Å². The van der Waals surface area contributed by atoms with Crippen molar-refractivity contribution in [1.29, 1.82) is 0 Å². The van der Waals surface area contributed by atoms with Crippen LogP contribution in [0.1, 0.15) is 32.6 Å². The first-order valence-corrected chi connectivity index (χ1v) is 15.4. The standard InChI is InChI=1S/C23H31N5O8S2/c1-15(2)28-22(24-16(3)26-28)19-12-27-9-10-33-20-11-17(7-8-18(20)21(27)25-19)36-23(4,13-34-37(5,29)30)14-35-38(6,31)32/h7-8,11-12,15H,9-10,13-14H2,1-6H3. The Kier molecular flexibility index (Phi) is 7.58. The minimum Gasteiger partial charge on any atom is -0.491 e. The molecular formula is C23H31N5O8S2. The predicted octanol–water partition coefficient (Wildman–Crippen LogP) is 2.18. The van der Waals surface area contributed by atoms with Gasteiger partial charge in [0.05, 0.1) is 24.6 Å². The number of benzene rings is 1. The molecule has 13 nitrogen and oxygen atoms in total. The van der Waals surface area contributed by atoms with Crippen molar-refractivity contribution in [2.24, 2.45) is 0 Å². The molecule has 0 N–H and O–H groups in total. The summed E-state index contributed by atoms with van der Waals surface area (Å²) < 4.78 is 71.8. The first-order valence-electron chi connectivity index (χ1n) is 11.8. The molecule has 0 saturated heterocycles. The van der Waals surface area contributed by atoms with Crippen LogP contribution < -0.4 is 9.47 Å². The Morgan fingerprint density at radius 3 is 2.32 bits per heavy atom. The lowest BCUT2D eigenvalue weighted by molar-refractivity contribution is 0.000587. The van der Waals surface area contributed by atoms with Crippen molar-refractivity contribution >= 4 is 20.2 Å². The van der Waals surface area contributed by atoms with Crippen LogP contribution in [-0.2, 0) is 35.1 Å². The summed E-state index contributed by atoms with van der Waals surface area (Å²) in [6.45, 7) is 7.35. The van der Waals surface area contributed by atoms with E-state index in [-0.39, 0.29) is 6.04 Å². The maximum Gasteiger partial charge on any atom is 0.264 e. The summed E-state index contributed by atoms with van der Waals surface area (Å²) in [4.78, 5) is 9.41.